The van der Waals surface area contributed by atoms with E-state index < -0.39 is 47.6 Å². The molecular weight excluding hydrogens is 809 g/mol. The summed E-state index contributed by atoms with van der Waals surface area (Å²) in [4.78, 5) is 41.4. The molecule has 8 rings (SSSR count). The molecule has 2 aromatic heterocycles. The molecule has 4 aliphatic rings. The second kappa shape index (κ2) is 17.1. The topological polar surface area (TPSA) is 144 Å². The minimum Gasteiger partial charge on any atom is -0.508 e. The molecule has 3 N–H and O–H groups in total. The number of carbonyl (C=O) groups excluding carboxylic acids is 1. The predicted octanol–water partition coefficient (Wildman–Crippen LogP) is 7.59. The van der Waals surface area contributed by atoms with Crippen LogP contribution in [-0.2, 0) is 4.79 Å². The molecule has 326 valence electrons. The van der Waals surface area contributed by atoms with E-state index in [1.54, 1.807) is 0 Å². The van der Waals surface area contributed by atoms with Gasteiger partial charge in [-0.2, -0.15) is 23.1 Å². The van der Waals surface area contributed by atoms with E-state index in [0.29, 0.717) is 50.7 Å². The van der Waals surface area contributed by atoms with Crippen LogP contribution in [0.25, 0.3) is 32.9 Å². The van der Waals surface area contributed by atoms with Crippen molar-refractivity contribution in [3.05, 3.63) is 47.7 Å². The Kier molecular flexibility index (Phi) is 12.2. The molecule has 2 aliphatic heterocycles. The zero-order valence-electron chi connectivity index (χ0n) is 33.7. The Morgan fingerprint density at radius 2 is 1.72 bits per heavy atom. The molecule has 4 heterocycles. The summed E-state index contributed by atoms with van der Waals surface area (Å²) in [5, 5.41) is 20.6. The van der Waals surface area contributed by atoms with Crippen LogP contribution >= 0.6 is 0 Å². The van der Waals surface area contributed by atoms with Gasteiger partial charge >= 0.3 is 18.2 Å². The number of hydrogen-bond donors (Lipinski definition) is 3. The maximum Gasteiger partial charge on any atom is 0.411 e. The van der Waals surface area contributed by atoms with Crippen LogP contribution in [0.15, 0.2) is 30.5 Å². The second-order valence-corrected chi connectivity index (χ2v) is 16.5. The van der Waals surface area contributed by atoms with Crippen molar-refractivity contribution in [1.29, 1.82) is 0 Å². The number of aromatic hydroxyl groups is 1. The first-order valence-electron chi connectivity index (χ1n) is 20.4. The van der Waals surface area contributed by atoms with Gasteiger partial charge in [0.05, 0.1) is 29.6 Å². The molecule has 2 saturated carbocycles. The van der Waals surface area contributed by atoms with Gasteiger partial charge in [0.15, 0.2) is 5.82 Å². The van der Waals surface area contributed by atoms with Gasteiger partial charge in [-0.15, -0.1) is 6.42 Å². The lowest BCUT2D eigenvalue weighted by atomic mass is 9.95. The number of nitrogens with one attached hydrogen (secondary N) is 1. The quantitative estimate of drug-likeness (QED) is 0.0830. The monoisotopic (exact) mass is 855 g/mol. The minimum atomic E-state index is -4.58. The van der Waals surface area contributed by atoms with E-state index in [1.807, 2.05) is 18.7 Å². The van der Waals surface area contributed by atoms with Gasteiger partial charge in [0, 0.05) is 55.3 Å². The minimum absolute atomic E-state index is 0.0440. The van der Waals surface area contributed by atoms with Gasteiger partial charge in [0.25, 0.3) is 6.47 Å². The summed E-state index contributed by atoms with van der Waals surface area (Å²) in [6, 6.07) is 3.27. The highest BCUT2D eigenvalue weighted by Crippen LogP contribution is 2.50. The van der Waals surface area contributed by atoms with Crippen LogP contribution in [0.5, 0.6) is 11.8 Å². The first kappa shape index (κ1) is 43.5. The van der Waals surface area contributed by atoms with Crippen LogP contribution in [-0.4, -0.2) is 117 Å². The van der Waals surface area contributed by atoms with E-state index >= 15 is 8.78 Å². The number of hydrogen-bond acceptors (Lipinski definition) is 9. The van der Waals surface area contributed by atoms with Gasteiger partial charge in [-0.3, -0.25) is 9.78 Å². The number of urea groups is 1. The number of anilines is 1. The van der Waals surface area contributed by atoms with Crippen molar-refractivity contribution in [1.82, 2.24) is 30.1 Å². The smallest absolute Gasteiger partial charge is 0.411 e. The van der Waals surface area contributed by atoms with E-state index in [4.69, 9.17) is 26.0 Å². The fourth-order valence-corrected chi connectivity index (χ4v) is 8.63. The number of phenols is 1. The molecule has 12 nitrogen and oxygen atoms in total. The molecule has 2 atom stereocenters. The highest BCUT2D eigenvalue weighted by atomic mass is 19.4. The van der Waals surface area contributed by atoms with Crippen LogP contribution in [0.3, 0.4) is 0 Å². The number of benzene rings is 2. The summed E-state index contributed by atoms with van der Waals surface area (Å²) in [6.45, 7) is 5.97. The molecule has 2 amide bonds. The summed E-state index contributed by atoms with van der Waals surface area (Å²) in [6.07, 6.45) is 4.87. The number of likely N-dealkylation sites (tertiary alicyclic amines) is 1. The molecule has 2 aromatic carbocycles. The lowest BCUT2D eigenvalue weighted by Gasteiger charge is -2.47. The predicted molar refractivity (Wildman–Crippen MR) is 215 cm³/mol. The third kappa shape index (κ3) is 8.66. The van der Waals surface area contributed by atoms with Crippen molar-refractivity contribution in [2.75, 3.05) is 44.2 Å². The highest BCUT2D eigenvalue weighted by molar-refractivity contribution is 6.03. The number of amides is 2. The van der Waals surface area contributed by atoms with E-state index in [9.17, 15) is 27.5 Å². The number of piperazine rings is 1. The number of rotatable bonds is 10. The largest absolute Gasteiger partial charge is 0.508 e. The number of alkyl halides is 4. The van der Waals surface area contributed by atoms with Crippen LogP contribution < -0.4 is 15.0 Å². The molecule has 2 unspecified atom stereocenters. The molecule has 2 aliphatic carbocycles. The zero-order chi connectivity index (χ0) is 43.9. The number of carbonyl (C=O) groups is 2. The third-order valence-electron chi connectivity index (χ3n) is 12.4. The molecule has 0 spiro atoms. The van der Waals surface area contributed by atoms with Crippen molar-refractivity contribution in [2.45, 2.75) is 95.2 Å². The number of pyridine rings is 1. The van der Waals surface area contributed by atoms with Crippen LogP contribution in [0, 0.1) is 29.4 Å². The zero-order valence-corrected chi connectivity index (χ0v) is 33.7. The number of terminal acetylenes is 1. The third-order valence-corrected chi connectivity index (χ3v) is 12.4. The standard InChI is InChI=1S/C42H45F6N7O3.CH2O2/c1-4-26-20-54(21-27(5-2)55(26)39(57)52-41(13-14-41)42(46,47)48)37-31-19-49-35(30-18-28(56)17-24-7-8-32(44)29(6-3)33(24)30)34(45)36(31)50-38(51-37)58-23-40(11-12-40)22-53-15-9-25(43)10-16-53;2-1-3/h3,7-8,17-19,25-27,56H,4-5,9-16,20-23H2,1-2H3,(H,52,57);1H,(H,2,3). The van der Waals surface area contributed by atoms with E-state index in [-0.39, 0.29) is 95.1 Å². The highest BCUT2D eigenvalue weighted by Gasteiger charge is 2.65. The second-order valence-electron chi connectivity index (χ2n) is 16.5. The molecule has 4 aromatic rings. The lowest BCUT2D eigenvalue weighted by Crippen LogP contribution is -2.64. The number of halogens is 6. The maximum absolute atomic E-state index is 17.2. The average Bonchev–Trinajstić information content (AvgIpc) is 4.18. The van der Waals surface area contributed by atoms with Crippen molar-refractivity contribution < 1.29 is 50.9 Å². The molecule has 0 bridgehead atoms. The maximum atomic E-state index is 17.2. The van der Waals surface area contributed by atoms with Crippen molar-refractivity contribution in [2.24, 2.45) is 5.41 Å². The van der Waals surface area contributed by atoms with Crippen LogP contribution in [0.2, 0.25) is 0 Å². The number of carboxylic acid groups (broad SMARTS) is 1. The van der Waals surface area contributed by atoms with Crippen molar-refractivity contribution in [3.8, 4) is 35.4 Å². The van der Waals surface area contributed by atoms with Crippen molar-refractivity contribution >= 4 is 40.0 Å². The summed E-state index contributed by atoms with van der Waals surface area (Å²) >= 11 is 0. The fourth-order valence-electron chi connectivity index (χ4n) is 8.63. The number of piperidine rings is 1. The van der Waals surface area contributed by atoms with Crippen LogP contribution in [0.1, 0.15) is 70.8 Å². The molecule has 4 fully saturated rings. The summed E-state index contributed by atoms with van der Waals surface area (Å²) < 4.78 is 94.0. The Balaban J connectivity index is 0.00000182. The number of phenolic OH excluding ortho intramolecular Hbond substituents is 1. The Bertz CT molecular complexity index is 2330. The fraction of sp³-hybridized carbons (Fsp3) is 0.512. The Hall–Kier alpha value is -5.57. The first-order valence-corrected chi connectivity index (χ1v) is 20.4. The molecule has 0 radical (unpaired) electrons. The Labute approximate surface area is 348 Å². The van der Waals surface area contributed by atoms with E-state index in [2.05, 4.69) is 26.1 Å². The number of aromatic nitrogens is 3. The van der Waals surface area contributed by atoms with Gasteiger partial charge in [0.1, 0.15) is 40.3 Å². The molecule has 61 heavy (non-hydrogen) atoms. The van der Waals surface area contributed by atoms with Gasteiger partial charge < -0.3 is 35.0 Å². The number of ether oxygens (including phenoxy) is 1. The lowest BCUT2D eigenvalue weighted by molar-refractivity contribution is -0.163. The number of nitrogens with zero attached hydrogens (tertiary/aromatic N) is 6. The average molecular weight is 856 g/mol. The first-order chi connectivity index (χ1) is 29.1. The normalized spacial score (nSPS) is 21.0. The Morgan fingerprint density at radius 3 is 2.30 bits per heavy atom. The SMILES string of the molecule is C#Cc1c(F)ccc2cc(O)cc(-c3ncc4c(N5CC(CC)N(C(=O)NC6(C(F)(F)F)CC6)C(CC)C5)nc(OCC5(CN6CCC(F)CC6)CC5)nc4c3F)c12.O=CO. The summed E-state index contributed by atoms with van der Waals surface area (Å²) in [5.41, 5.74) is -2.95. The number of fused-ring (bicyclic) bond motifs is 2. The summed E-state index contributed by atoms with van der Waals surface area (Å²) in [7, 11) is 0. The Morgan fingerprint density at radius 1 is 1.07 bits per heavy atom. The van der Waals surface area contributed by atoms with Gasteiger partial charge in [0.2, 0.25) is 0 Å². The van der Waals surface area contributed by atoms with Gasteiger partial charge in [-0.1, -0.05) is 25.8 Å². The van der Waals surface area contributed by atoms with E-state index in [1.165, 1.54) is 35.4 Å². The molecule has 2 saturated heterocycles. The molecular formula is C43H47F6N7O5. The van der Waals surface area contributed by atoms with Crippen molar-refractivity contribution in [3.63, 3.8) is 0 Å². The van der Waals surface area contributed by atoms with Crippen LogP contribution in [0.4, 0.5) is 37.0 Å². The summed E-state index contributed by atoms with van der Waals surface area (Å²) in [5.74, 6) is 0.762. The molecule has 18 heteroatoms. The van der Waals surface area contributed by atoms with Gasteiger partial charge in [-0.05, 0) is 75.0 Å². The van der Waals surface area contributed by atoms with E-state index in [0.717, 1.165) is 12.8 Å². The van der Waals surface area contributed by atoms with Gasteiger partial charge in [-0.25, -0.2) is 18.0 Å².